The SMILES string of the molecule is CS(=O)(=O)O[C@@H]1CNC[C@H](O)[C@@H]1O. The molecule has 1 fully saturated rings. The van der Waals surface area contributed by atoms with E-state index in [4.69, 9.17) is 5.11 Å². The Labute approximate surface area is 76.6 Å². The van der Waals surface area contributed by atoms with E-state index in [9.17, 15) is 13.5 Å². The first-order chi connectivity index (χ1) is 5.90. The predicted octanol–water partition coefficient (Wildman–Crippen LogP) is -2.34. The van der Waals surface area contributed by atoms with E-state index in [0.717, 1.165) is 6.26 Å². The van der Waals surface area contributed by atoms with Gasteiger partial charge in [0.15, 0.2) is 0 Å². The highest BCUT2D eigenvalue weighted by atomic mass is 32.2. The Hall–Kier alpha value is -0.210. The van der Waals surface area contributed by atoms with Gasteiger partial charge in [0, 0.05) is 13.1 Å². The summed E-state index contributed by atoms with van der Waals surface area (Å²) in [5.41, 5.74) is 0. The summed E-state index contributed by atoms with van der Waals surface area (Å²) in [5.74, 6) is 0. The zero-order valence-electron chi connectivity index (χ0n) is 7.17. The highest BCUT2D eigenvalue weighted by Crippen LogP contribution is 2.10. The Morgan fingerprint density at radius 1 is 1.38 bits per heavy atom. The Morgan fingerprint density at radius 3 is 2.54 bits per heavy atom. The maximum absolute atomic E-state index is 10.7. The molecule has 13 heavy (non-hydrogen) atoms. The third-order valence-corrected chi connectivity index (χ3v) is 2.37. The molecule has 1 saturated heterocycles. The van der Waals surface area contributed by atoms with E-state index in [0.29, 0.717) is 0 Å². The first kappa shape index (κ1) is 10.9. The fourth-order valence-electron chi connectivity index (χ4n) is 1.18. The van der Waals surface area contributed by atoms with Crippen LogP contribution in [0.25, 0.3) is 0 Å². The normalized spacial score (nSPS) is 36.1. The van der Waals surface area contributed by atoms with Gasteiger partial charge < -0.3 is 15.5 Å². The Bertz CT molecular complexity index is 264. The molecule has 0 aromatic carbocycles. The quantitative estimate of drug-likeness (QED) is 0.443. The monoisotopic (exact) mass is 211 g/mol. The zero-order chi connectivity index (χ0) is 10.1. The molecule has 0 unspecified atom stereocenters. The number of nitrogens with one attached hydrogen (secondary N) is 1. The summed E-state index contributed by atoms with van der Waals surface area (Å²) in [6.45, 7) is 0.454. The first-order valence-corrected chi connectivity index (χ1v) is 5.67. The van der Waals surface area contributed by atoms with Crippen molar-refractivity contribution in [1.29, 1.82) is 0 Å². The fraction of sp³-hybridized carbons (Fsp3) is 1.00. The molecule has 0 bridgehead atoms. The second kappa shape index (κ2) is 3.89. The maximum atomic E-state index is 10.7. The van der Waals surface area contributed by atoms with Crippen molar-refractivity contribution in [3.63, 3.8) is 0 Å². The van der Waals surface area contributed by atoms with Gasteiger partial charge in [0.25, 0.3) is 10.1 Å². The van der Waals surface area contributed by atoms with Crippen LogP contribution in [-0.4, -0.2) is 56.3 Å². The van der Waals surface area contributed by atoms with Crippen LogP contribution in [0.4, 0.5) is 0 Å². The minimum Gasteiger partial charge on any atom is -0.389 e. The van der Waals surface area contributed by atoms with Gasteiger partial charge in [-0.2, -0.15) is 8.42 Å². The standard InChI is InChI=1S/C6H13NO5S/c1-13(10,11)12-5-3-7-2-4(8)6(5)9/h4-9H,2-3H2,1H3/t4-,5+,6-/m0/s1. The molecule has 0 saturated carbocycles. The molecule has 1 aliphatic heterocycles. The van der Waals surface area contributed by atoms with Gasteiger partial charge in [-0.1, -0.05) is 0 Å². The van der Waals surface area contributed by atoms with Crippen LogP contribution in [0, 0.1) is 0 Å². The lowest BCUT2D eigenvalue weighted by molar-refractivity contribution is -0.0629. The average Bonchev–Trinajstić information content (AvgIpc) is 1.96. The van der Waals surface area contributed by atoms with Crippen molar-refractivity contribution in [3.8, 4) is 0 Å². The van der Waals surface area contributed by atoms with Crippen LogP contribution in [0.1, 0.15) is 0 Å². The summed E-state index contributed by atoms with van der Waals surface area (Å²) in [4.78, 5) is 0. The topological polar surface area (TPSA) is 95.9 Å². The van der Waals surface area contributed by atoms with Gasteiger partial charge >= 0.3 is 0 Å². The van der Waals surface area contributed by atoms with Gasteiger partial charge in [-0.05, 0) is 0 Å². The van der Waals surface area contributed by atoms with Crippen LogP contribution in [0.2, 0.25) is 0 Å². The van der Waals surface area contributed by atoms with E-state index in [1.807, 2.05) is 0 Å². The fourth-order valence-corrected chi connectivity index (χ4v) is 1.81. The molecular weight excluding hydrogens is 198 g/mol. The molecule has 0 amide bonds. The van der Waals surface area contributed by atoms with E-state index in [2.05, 4.69) is 9.50 Å². The molecule has 3 atom stereocenters. The molecule has 0 radical (unpaired) electrons. The molecule has 6 nitrogen and oxygen atoms in total. The minimum atomic E-state index is -3.59. The van der Waals surface area contributed by atoms with Crippen molar-refractivity contribution in [1.82, 2.24) is 5.32 Å². The zero-order valence-corrected chi connectivity index (χ0v) is 7.99. The van der Waals surface area contributed by atoms with Crippen molar-refractivity contribution < 1.29 is 22.8 Å². The third-order valence-electron chi connectivity index (χ3n) is 1.77. The van der Waals surface area contributed by atoms with E-state index in [1.54, 1.807) is 0 Å². The van der Waals surface area contributed by atoms with Crippen LogP contribution in [0.15, 0.2) is 0 Å². The molecule has 1 aliphatic rings. The van der Waals surface area contributed by atoms with E-state index in [1.165, 1.54) is 0 Å². The van der Waals surface area contributed by atoms with Crippen molar-refractivity contribution >= 4 is 10.1 Å². The molecule has 0 aliphatic carbocycles. The maximum Gasteiger partial charge on any atom is 0.264 e. The van der Waals surface area contributed by atoms with Crippen LogP contribution in [0.3, 0.4) is 0 Å². The lowest BCUT2D eigenvalue weighted by Gasteiger charge is -2.31. The van der Waals surface area contributed by atoms with Gasteiger partial charge in [-0.15, -0.1) is 0 Å². The number of hydrogen-bond donors (Lipinski definition) is 3. The molecule has 0 aromatic rings. The van der Waals surface area contributed by atoms with Gasteiger partial charge in [-0.25, -0.2) is 0 Å². The summed E-state index contributed by atoms with van der Waals surface area (Å²) in [7, 11) is -3.59. The number of aliphatic hydroxyl groups is 2. The van der Waals surface area contributed by atoms with Crippen molar-refractivity contribution in [2.24, 2.45) is 0 Å². The van der Waals surface area contributed by atoms with Crippen LogP contribution < -0.4 is 5.32 Å². The van der Waals surface area contributed by atoms with Crippen molar-refractivity contribution in [2.75, 3.05) is 19.3 Å². The highest BCUT2D eigenvalue weighted by Gasteiger charge is 2.33. The molecule has 0 aromatic heterocycles. The van der Waals surface area contributed by atoms with E-state index in [-0.39, 0.29) is 13.1 Å². The third kappa shape index (κ3) is 3.20. The highest BCUT2D eigenvalue weighted by molar-refractivity contribution is 7.86. The van der Waals surface area contributed by atoms with Gasteiger partial charge in [-0.3, -0.25) is 4.18 Å². The molecule has 1 rings (SSSR count). The number of aliphatic hydroxyl groups excluding tert-OH is 2. The minimum absolute atomic E-state index is 0.214. The smallest absolute Gasteiger partial charge is 0.264 e. The average molecular weight is 211 g/mol. The van der Waals surface area contributed by atoms with Gasteiger partial charge in [0.2, 0.25) is 0 Å². The van der Waals surface area contributed by atoms with E-state index >= 15 is 0 Å². The molecule has 7 heteroatoms. The summed E-state index contributed by atoms with van der Waals surface area (Å²) < 4.78 is 26.0. The van der Waals surface area contributed by atoms with Crippen LogP contribution in [0.5, 0.6) is 0 Å². The second-order valence-corrected chi connectivity index (χ2v) is 4.66. The molecule has 78 valence electrons. The summed E-state index contributed by atoms with van der Waals surface area (Å²) in [5, 5.41) is 21.2. The lowest BCUT2D eigenvalue weighted by Crippen LogP contribution is -2.54. The Kier molecular flexibility index (Phi) is 3.25. The van der Waals surface area contributed by atoms with E-state index < -0.39 is 28.4 Å². The molecule has 3 N–H and O–H groups in total. The second-order valence-electron chi connectivity index (χ2n) is 3.05. The summed E-state index contributed by atoms with van der Waals surface area (Å²) >= 11 is 0. The van der Waals surface area contributed by atoms with Gasteiger partial charge in [0.1, 0.15) is 12.2 Å². The number of rotatable bonds is 2. The first-order valence-electron chi connectivity index (χ1n) is 3.85. The molecular formula is C6H13NO5S. The predicted molar refractivity (Wildman–Crippen MR) is 44.6 cm³/mol. The van der Waals surface area contributed by atoms with Crippen LogP contribution in [-0.2, 0) is 14.3 Å². The van der Waals surface area contributed by atoms with Crippen molar-refractivity contribution in [3.05, 3.63) is 0 Å². The number of hydrogen-bond acceptors (Lipinski definition) is 6. The lowest BCUT2D eigenvalue weighted by atomic mass is 10.0. The van der Waals surface area contributed by atoms with Gasteiger partial charge in [0.05, 0.1) is 12.4 Å². The van der Waals surface area contributed by atoms with Crippen molar-refractivity contribution in [2.45, 2.75) is 18.3 Å². The Balaban J connectivity index is 2.59. The summed E-state index contributed by atoms with van der Waals surface area (Å²) in [6.07, 6.45) is -2.14. The number of piperidine rings is 1. The summed E-state index contributed by atoms with van der Waals surface area (Å²) in [6, 6.07) is 0. The molecule has 0 spiro atoms. The largest absolute Gasteiger partial charge is 0.389 e. The molecule has 1 heterocycles. The number of β-amino-alcohol motifs (C(OH)–C–C–N with tert-alkyl or cyclic N) is 1. The Morgan fingerprint density at radius 2 is 2.00 bits per heavy atom. The van der Waals surface area contributed by atoms with Crippen LogP contribution >= 0.6 is 0 Å².